The Morgan fingerprint density at radius 1 is 0.370 bits per heavy atom. The average molecular weight is 589 g/mol. The van der Waals surface area contributed by atoms with E-state index in [4.69, 9.17) is 4.74 Å². The maximum Gasteiger partial charge on any atom is 0.132 e. The summed E-state index contributed by atoms with van der Waals surface area (Å²) >= 11 is 0. The van der Waals surface area contributed by atoms with Gasteiger partial charge in [0.2, 0.25) is 0 Å². The molecule has 0 saturated heterocycles. The van der Waals surface area contributed by atoms with E-state index >= 15 is 0 Å². The van der Waals surface area contributed by atoms with Gasteiger partial charge < -0.3 is 4.74 Å². The Kier molecular flexibility index (Phi) is 5.92. The second kappa shape index (κ2) is 10.2. The number of hydrogen-bond donors (Lipinski definition) is 0. The highest BCUT2D eigenvalue weighted by Crippen LogP contribution is 2.57. The number of para-hydroxylation sites is 1. The van der Waals surface area contributed by atoms with Crippen molar-refractivity contribution in [3.8, 4) is 33.8 Å². The third-order valence-electron chi connectivity index (χ3n) is 10.3. The molecule has 0 fully saturated rings. The van der Waals surface area contributed by atoms with Crippen molar-refractivity contribution >= 4 is 0 Å². The summed E-state index contributed by atoms with van der Waals surface area (Å²) < 4.78 is 6.79. The summed E-state index contributed by atoms with van der Waals surface area (Å²) in [7, 11) is 0. The van der Waals surface area contributed by atoms with Gasteiger partial charge in [-0.1, -0.05) is 158 Å². The maximum atomic E-state index is 6.79. The zero-order valence-electron chi connectivity index (χ0n) is 25.7. The van der Waals surface area contributed by atoms with Gasteiger partial charge in [0.05, 0.1) is 5.41 Å². The zero-order chi connectivity index (χ0) is 30.7. The molecule has 1 aliphatic carbocycles. The number of ether oxygens (including phenoxy) is 1. The lowest BCUT2D eigenvalue weighted by Gasteiger charge is -2.41. The summed E-state index contributed by atoms with van der Waals surface area (Å²) in [6.07, 6.45) is 0. The van der Waals surface area contributed by atoms with E-state index in [9.17, 15) is 0 Å². The van der Waals surface area contributed by atoms with Gasteiger partial charge in [-0.05, 0) is 75.2 Å². The van der Waals surface area contributed by atoms with Gasteiger partial charge in [0, 0.05) is 16.5 Å². The topological polar surface area (TPSA) is 9.23 Å². The highest BCUT2D eigenvalue weighted by Gasteiger charge is 2.45. The lowest BCUT2D eigenvalue weighted by molar-refractivity contribution is 0.435. The predicted molar refractivity (Wildman–Crippen MR) is 188 cm³/mol. The molecule has 0 saturated carbocycles. The first kappa shape index (κ1) is 26.7. The van der Waals surface area contributed by atoms with Crippen molar-refractivity contribution in [2.75, 3.05) is 0 Å². The third-order valence-corrected chi connectivity index (χ3v) is 10.3. The van der Waals surface area contributed by atoms with Crippen molar-refractivity contribution in [1.82, 2.24) is 0 Å². The molecule has 1 aliphatic heterocycles. The standard InChI is InChI=1S/C45H32O/c1-44(33-15-5-2-6-16-33)38-22-12-11-21-36(38)37-27-25-31(29-41(37)44)32-26-28-40-43(30-32)46-42-24-14-13-23-39(42)45(40,34-17-7-3-8-18-34)35-19-9-4-10-20-35/h2-30H,1H3. The van der Waals surface area contributed by atoms with E-state index in [1.54, 1.807) is 0 Å². The van der Waals surface area contributed by atoms with Crippen molar-refractivity contribution in [2.24, 2.45) is 0 Å². The molecular formula is C45H32O. The smallest absolute Gasteiger partial charge is 0.132 e. The van der Waals surface area contributed by atoms with Crippen LogP contribution in [-0.4, -0.2) is 0 Å². The van der Waals surface area contributed by atoms with Crippen molar-refractivity contribution in [3.63, 3.8) is 0 Å². The van der Waals surface area contributed by atoms with Crippen LogP contribution in [0.15, 0.2) is 176 Å². The van der Waals surface area contributed by atoms with E-state index in [2.05, 4.69) is 183 Å². The normalized spacial score (nSPS) is 16.8. The zero-order valence-corrected chi connectivity index (χ0v) is 25.7. The summed E-state index contributed by atoms with van der Waals surface area (Å²) in [4.78, 5) is 0. The molecule has 1 nitrogen and oxygen atoms in total. The van der Waals surface area contributed by atoms with Gasteiger partial charge in [0.25, 0.3) is 0 Å². The van der Waals surface area contributed by atoms with Crippen LogP contribution in [-0.2, 0) is 10.8 Å². The minimum atomic E-state index is -0.517. The largest absolute Gasteiger partial charge is 0.457 e. The van der Waals surface area contributed by atoms with E-state index in [0.717, 1.165) is 28.2 Å². The highest BCUT2D eigenvalue weighted by atomic mass is 16.5. The van der Waals surface area contributed by atoms with Crippen LogP contribution < -0.4 is 4.74 Å². The van der Waals surface area contributed by atoms with Gasteiger partial charge in [-0.3, -0.25) is 0 Å². The first-order valence-corrected chi connectivity index (χ1v) is 16.0. The van der Waals surface area contributed by atoms with Crippen molar-refractivity contribution < 1.29 is 4.74 Å². The average Bonchev–Trinajstić information content (AvgIpc) is 3.39. The Balaban J connectivity index is 1.25. The molecule has 1 atom stereocenters. The van der Waals surface area contributed by atoms with Crippen LogP contribution in [0.1, 0.15) is 45.9 Å². The predicted octanol–water partition coefficient (Wildman–Crippen LogP) is 11.2. The molecule has 2 aliphatic rings. The van der Waals surface area contributed by atoms with Crippen LogP contribution in [0.4, 0.5) is 0 Å². The fraction of sp³-hybridized carbons (Fsp3) is 0.0667. The van der Waals surface area contributed by atoms with Crippen molar-refractivity contribution in [3.05, 3.63) is 215 Å². The lowest BCUT2D eigenvalue weighted by atomic mass is 9.63. The molecule has 218 valence electrons. The molecule has 1 heterocycles. The first-order valence-electron chi connectivity index (χ1n) is 16.0. The Labute approximate surface area is 270 Å². The molecule has 0 radical (unpaired) electrons. The minimum absolute atomic E-state index is 0.247. The molecule has 7 aromatic carbocycles. The first-order chi connectivity index (χ1) is 22.7. The van der Waals surface area contributed by atoms with Gasteiger partial charge >= 0.3 is 0 Å². The lowest BCUT2D eigenvalue weighted by Crippen LogP contribution is -2.34. The monoisotopic (exact) mass is 588 g/mol. The van der Waals surface area contributed by atoms with Gasteiger partial charge in [0.1, 0.15) is 11.5 Å². The van der Waals surface area contributed by atoms with Gasteiger partial charge in [0.15, 0.2) is 0 Å². The quantitative estimate of drug-likeness (QED) is 0.199. The summed E-state index contributed by atoms with van der Waals surface area (Å²) in [5.74, 6) is 1.78. The molecule has 7 aromatic rings. The summed E-state index contributed by atoms with van der Waals surface area (Å²) in [5.41, 5.74) is 12.9. The van der Waals surface area contributed by atoms with Gasteiger partial charge in [-0.25, -0.2) is 0 Å². The van der Waals surface area contributed by atoms with Crippen molar-refractivity contribution in [1.29, 1.82) is 0 Å². The van der Waals surface area contributed by atoms with Crippen LogP contribution in [0, 0.1) is 0 Å². The SMILES string of the molecule is CC1(c2ccccc2)c2ccccc2-c2ccc(-c3ccc4c(c3)Oc3ccccc3C4(c3ccccc3)c3ccccc3)cc21. The van der Waals surface area contributed by atoms with E-state index in [1.165, 1.54) is 44.5 Å². The second-order valence-corrected chi connectivity index (χ2v) is 12.6. The highest BCUT2D eigenvalue weighted by molar-refractivity contribution is 5.86. The summed E-state index contributed by atoms with van der Waals surface area (Å²) in [6.45, 7) is 2.37. The molecule has 0 aromatic heterocycles. The molecule has 0 bridgehead atoms. The molecule has 1 heteroatoms. The molecule has 1 unspecified atom stereocenters. The Morgan fingerprint density at radius 3 is 1.57 bits per heavy atom. The number of benzene rings is 7. The molecule has 46 heavy (non-hydrogen) atoms. The van der Waals surface area contributed by atoms with Crippen molar-refractivity contribution in [2.45, 2.75) is 17.8 Å². The third kappa shape index (κ3) is 3.69. The van der Waals surface area contributed by atoms with E-state index in [-0.39, 0.29) is 5.41 Å². The van der Waals surface area contributed by atoms with Gasteiger partial charge in [-0.2, -0.15) is 0 Å². The van der Waals surface area contributed by atoms with Crippen LogP contribution in [0.25, 0.3) is 22.3 Å². The second-order valence-electron chi connectivity index (χ2n) is 12.6. The Bertz CT molecular complexity index is 2190. The fourth-order valence-electron chi connectivity index (χ4n) is 8.14. The summed E-state index contributed by atoms with van der Waals surface area (Å²) in [5, 5.41) is 0. The van der Waals surface area contributed by atoms with Crippen LogP contribution in [0.2, 0.25) is 0 Å². The Hall–Kier alpha value is -5.66. The molecular weight excluding hydrogens is 556 g/mol. The Morgan fingerprint density at radius 2 is 0.870 bits per heavy atom. The molecule has 0 spiro atoms. The number of rotatable bonds is 4. The molecule has 0 amide bonds. The van der Waals surface area contributed by atoms with E-state index in [0.29, 0.717) is 0 Å². The minimum Gasteiger partial charge on any atom is -0.457 e. The van der Waals surface area contributed by atoms with Crippen LogP contribution in [0.3, 0.4) is 0 Å². The van der Waals surface area contributed by atoms with E-state index in [1.807, 2.05) is 0 Å². The molecule has 0 N–H and O–H groups in total. The van der Waals surface area contributed by atoms with Gasteiger partial charge in [-0.15, -0.1) is 0 Å². The number of fused-ring (bicyclic) bond motifs is 5. The van der Waals surface area contributed by atoms with Crippen LogP contribution in [0.5, 0.6) is 11.5 Å². The fourth-order valence-corrected chi connectivity index (χ4v) is 8.14. The molecule has 9 rings (SSSR count). The van der Waals surface area contributed by atoms with E-state index < -0.39 is 5.41 Å². The maximum absolute atomic E-state index is 6.79. The van der Waals surface area contributed by atoms with Crippen LogP contribution >= 0.6 is 0 Å². The number of hydrogen-bond acceptors (Lipinski definition) is 1. The summed E-state index contributed by atoms with van der Waals surface area (Å²) in [6, 6.07) is 63.8.